The van der Waals surface area contributed by atoms with Crippen LogP contribution in [0.25, 0.3) is 22.3 Å². The van der Waals surface area contributed by atoms with Crippen LogP contribution in [0, 0.1) is 52.0 Å². The van der Waals surface area contributed by atoms with Gasteiger partial charge >= 0.3 is 301 Å². The first kappa shape index (κ1) is 87.4. The SMILES string of the molecule is CCCCc1ccc([C](=[Zr+2])c2ccc(CCCC)cc2)cc1.CCCCc1ccc([C](=[Zr+2])c2ccc(CCCC)cc2)cc1.Cc1[c-]c2c(cc1C(C)(C)C)-c1cc(C(C)(C)C)c(C)cc1C2.Cc1[c-]c2c(cc1C(C)(C)C)-c1cc(C(C)(C)C)c(C)cc1C2.[C-]1=CC=CC1.[C-]1=CC=CC1.[Cl-].[Cl-]. The third-order valence-electron chi connectivity index (χ3n) is 19.6. The van der Waals surface area contributed by atoms with Crippen molar-refractivity contribution in [1.82, 2.24) is 0 Å². The van der Waals surface area contributed by atoms with Gasteiger partial charge < -0.3 is 24.8 Å². The summed E-state index contributed by atoms with van der Waals surface area (Å²) in [7, 11) is 0. The molecule has 12 rings (SSSR count). The maximum Gasteiger partial charge on any atom is -0.0129 e. The summed E-state index contributed by atoms with van der Waals surface area (Å²) in [6, 6.07) is 58.6. The minimum atomic E-state index is 0. The first-order valence-corrected chi connectivity index (χ1v) is 40.3. The Morgan fingerprint density at radius 2 is 0.608 bits per heavy atom. The second kappa shape index (κ2) is 41.1. The van der Waals surface area contributed by atoms with Gasteiger partial charge in [0.05, 0.1) is 0 Å². The van der Waals surface area contributed by atoms with Crippen LogP contribution in [0.2, 0.25) is 0 Å². The molecule has 0 N–H and O–H groups in total. The summed E-state index contributed by atoms with van der Waals surface area (Å²) in [5.41, 5.74) is 34.6. The molecule has 0 fully saturated rings. The van der Waals surface area contributed by atoms with Crippen LogP contribution in [-0.2, 0) is 109 Å². The zero-order chi connectivity index (χ0) is 73.0. The number of halogens is 2. The Morgan fingerprint density at radius 3 is 0.814 bits per heavy atom. The normalized spacial score (nSPS) is 12.6. The Balaban J connectivity index is 0.000000232. The van der Waals surface area contributed by atoms with Gasteiger partial charge in [0.25, 0.3) is 0 Å². The number of hydrogen-bond donors (Lipinski definition) is 0. The fourth-order valence-electron chi connectivity index (χ4n) is 13.9. The van der Waals surface area contributed by atoms with Gasteiger partial charge in [-0.15, -0.1) is 46.2 Å². The summed E-state index contributed by atoms with van der Waals surface area (Å²) >= 11 is 2.97. The number of unbranched alkanes of at least 4 members (excludes halogenated alkanes) is 4. The van der Waals surface area contributed by atoms with Crippen molar-refractivity contribution in [3.05, 3.63) is 305 Å². The molecule has 4 aliphatic rings. The molecule has 0 bridgehead atoms. The molecule has 0 saturated heterocycles. The fourth-order valence-corrected chi connectivity index (χ4v) is 15.6. The molecule has 536 valence electrons. The minimum absolute atomic E-state index is 0. The van der Waals surface area contributed by atoms with Gasteiger partial charge in [0.2, 0.25) is 0 Å². The summed E-state index contributed by atoms with van der Waals surface area (Å²) in [4.78, 5) is 0. The largest absolute Gasteiger partial charge is 1.00 e. The van der Waals surface area contributed by atoms with E-state index < -0.39 is 0 Å². The van der Waals surface area contributed by atoms with Gasteiger partial charge in [-0.2, -0.15) is 47.5 Å². The maximum absolute atomic E-state index is 3.69. The van der Waals surface area contributed by atoms with E-state index in [1.54, 1.807) is 0 Å². The van der Waals surface area contributed by atoms with Gasteiger partial charge in [-0.1, -0.05) is 143 Å². The summed E-state index contributed by atoms with van der Waals surface area (Å²) in [6.07, 6.45) is 37.1. The van der Waals surface area contributed by atoms with Crippen LogP contribution in [-0.4, -0.2) is 6.41 Å². The zero-order valence-electron chi connectivity index (χ0n) is 66.2. The average Bonchev–Trinajstić information content (AvgIpc) is 1.62. The molecule has 4 heteroatoms. The van der Waals surface area contributed by atoms with Crippen molar-refractivity contribution in [1.29, 1.82) is 0 Å². The van der Waals surface area contributed by atoms with Gasteiger partial charge in [0.1, 0.15) is 0 Å². The Morgan fingerprint density at radius 1 is 0.353 bits per heavy atom. The molecule has 0 radical (unpaired) electrons. The van der Waals surface area contributed by atoms with E-state index >= 15 is 0 Å². The Kier molecular flexibility index (Phi) is 35.2. The van der Waals surface area contributed by atoms with Crippen LogP contribution in [0.1, 0.15) is 286 Å². The van der Waals surface area contributed by atoms with Crippen molar-refractivity contribution in [3.8, 4) is 22.3 Å². The Bertz CT molecular complexity index is 3580. The molecule has 0 spiro atoms. The molecule has 0 aromatic heterocycles. The van der Waals surface area contributed by atoms with Gasteiger partial charge in [-0.3, -0.25) is 12.2 Å². The molecule has 102 heavy (non-hydrogen) atoms. The van der Waals surface area contributed by atoms with Crippen LogP contribution in [0.4, 0.5) is 0 Å². The number of benzene rings is 8. The summed E-state index contributed by atoms with van der Waals surface area (Å²) in [5, 5.41) is 0. The van der Waals surface area contributed by atoms with E-state index in [9.17, 15) is 0 Å². The predicted molar refractivity (Wildman–Crippen MR) is 431 cm³/mol. The standard InChI is InChI=1S/2C23H29.2C21H26.2C5H5.2ClH.2Zr/c2*1-14-9-16-11-17-10-15(2)21(23(6,7)8)13-19(17)18(16)12-20(14)22(3,4)5;2*1-3-5-7-18-9-13-20(14-10-18)17-21-15-11-19(12-16-21)8-6-4-2;2*1-2-4-5-3-1;;;;/h2*9,12-13H,11H2,1-8H3;2*9-16H,3-8H2,1-2H3;2*1-3H,4H2;2*1H;;/q2*-1;;;2*-1;;;2*+2/p-2. The molecule has 8 aromatic rings. The van der Waals surface area contributed by atoms with E-state index in [1.807, 2.05) is 24.3 Å². The first-order chi connectivity index (χ1) is 47.4. The van der Waals surface area contributed by atoms with E-state index in [0.29, 0.717) is 0 Å². The van der Waals surface area contributed by atoms with E-state index in [2.05, 4.69) is 308 Å². The molecule has 0 heterocycles. The number of fused-ring (bicyclic) bond motifs is 6. The van der Waals surface area contributed by atoms with Gasteiger partial charge in [0, 0.05) is 0 Å². The molecule has 0 nitrogen and oxygen atoms in total. The van der Waals surface area contributed by atoms with E-state index in [0.717, 1.165) is 25.7 Å². The molecule has 8 aromatic carbocycles. The fraction of sp³-hybridized carbons (Fsp3) is 0.408. The quantitative estimate of drug-likeness (QED) is 0.0846. The summed E-state index contributed by atoms with van der Waals surface area (Å²) in [5.74, 6) is 0. The van der Waals surface area contributed by atoms with E-state index in [1.165, 1.54) is 265 Å². The maximum atomic E-state index is 3.69. The number of rotatable bonds is 16. The summed E-state index contributed by atoms with van der Waals surface area (Å²) < 4.78 is 2.91. The van der Waals surface area contributed by atoms with Crippen molar-refractivity contribution in [2.24, 2.45) is 0 Å². The first-order valence-electron chi connectivity index (χ1n) is 37.8. The minimum Gasteiger partial charge on any atom is -1.00 e. The van der Waals surface area contributed by atoms with Crippen molar-refractivity contribution in [2.45, 2.75) is 263 Å². The second-order valence-electron chi connectivity index (χ2n) is 32.4. The van der Waals surface area contributed by atoms with Crippen LogP contribution in [0.5, 0.6) is 0 Å². The number of hydrogen-bond acceptors (Lipinski definition) is 0. The average molecular weight is 1550 g/mol. The van der Waals surface area contributed by atoms with Crippen molar-refractivity contribution >= 4 is 6.41 Å². The van der Waals surface area contributed by atoms with Gasteiger partial charge in [0.15, 0.2) is 0 Å². The summed E-state index contributed by atoms with van der Waals surface area (Å²) in [6.45, 7) is 45.5. The van der Waals surface area contributed by atoms with E-state index in [-0.39, 0.29) is 46.5 Å². The van der Waals surface area contributed by atoms with Crippen LogP contribution in [0.3, 0.4) is 0 Å². The molecular weight excluding hydrogens is 1430 g/mol. The molecular formula is C98H120Cl2Zr2-2. The van der Waals surface area contributed by atoms with E-state index in [4.69, 9.17) is 0 Å². The third-order valence-corrected chi connectivity index (χ3v) is 22.4. The Labute approximate surface area is 664 Å². The smallest absolute Gasteiger partial charge is 0.0129 e. The molecule has 0 aliphatic heterocycles. The molecule has 0 atom stereocenters. The van der Waals surface area contributed by atoms with Gasteiger partial charge in [-0.05, 0) is 70.9 Å². The van der Waals surface area contributed by atoms with Crippen molar-refractivity contribution < 1.29 is 73.3 Å². The molecule has 0 unspecified atom stereocenters. The van der Waals surface area contributed by atoms with Crippen molar-refractivity contribution in [3.63, 3.8) is 0 Å². The molecule has 0 saturated carbocycles. The van der Waals surface area contributed by atoms with Crippen LogP contribution < -0.4 is 24.8 Å². The topological polar surface area (TPSA) is 0 Å². The predicted octanol–water partition coefficient (Wildman–Crippen LogP) is 20.1. The van der Waals surface area contributed by atoms with Crippen LogP contribution >= 0.6 is 0 Å². The van der Waals surface area contributed by atoms with Crippen molar-refractivity contribution in [2.75, 3.05) is 0 Å². The molecule has 4 aliphatic carbocycles. The Hall–Kier alpha value is -5.19. The zero-order valence-corrected chi connectivity index (χ0v) is 72.7. The monoisotopic (exact) mass is 1550 g/mol. The van der Waals surface area contributed by atoms with Gasteiger partial charge in [-0.25, -0.2) is 24.3 Å². The third kappa shape index (κ3) is 25.5. The van der Waals surface area contributed by atoms with Crippen LogP contribution in [0.15, 0.2) is 170 Å². The molecule has 0 amide bonds. The number of aryl methyl sites for hydroxylation is 8. The number of allylic oxidation sites excluding steroid dienone is 8. The second-order valence-corrected chi connectivity index (χ2v) is 34.8.